The third kappa shape index (κ3) is 3.14. The van der Waals surface area contributed by atoms with Crippen LogP contribution in [0.4, 0.5) is 5.69 Å². The van der Waals surface area contributed by atoms with Crippen LogP contribution in [0.3, 0.4) is 0 Å². The molecule has 1 amide bonds. The molecule has 4 nitrogen and oxygen atoms in total. The molecule has 4 aromatic carbocycles. The smallest absolute Gasteiger partial charge is 0.255 e. The molecule has 144 valence electrons. The minimum atomic E-state index is -0.282. The minimum absolute atomic E-state index is 0.136. The van der Waals surface area contributed by atoms with Gasteiger partial charge in [-0.2, -0.15) is 0 Å². The van der Waals surface area contributed by atoms with E-state index in [-0.39, 0.29) is 11.7 Å². The van der Waals surface area contributed by atoms with Crippen LogP contribution >= 0.6 is 0 Å². The number of carbonyl (C=O) groups excluding carboxylic acids is 2. The summed E-state index contributed by atoms with van der Waals surface area (Å²) in [6.07, 6.45) is 0. The second-order valence-electron chi connectivity index (χ2n) is 7.00. The lowest BCUT2D eigenvalue weighted by Gasteiger charge is -2.10. The maximum Gasteiger partial charge on any atom is 0.255 e. The van der Waals surface area contributed by atoms with Gasteiger partial charge in [-0.05, 0) is 36.4 Å². The average molecular weight is 391 g/mol. The van der Waals surface area contributed by atoms with Crippen LogP contribution in [0.2, 0.25) is 0 Å². The monoisotopic (exact) mass is 391 g/mol. The Bertz CT molecular complexity index is 1400. The number of para-hydroxylation sites is 2. The molecule has 5 rings (SSSR count). The summed E-state index contributed by atoms with van der Waals surface area (Å²) in [5, 5.41) is 4.73. The summed E-state index contributed by atoms with van der Waals surface area (Å²) in [4.78, 5) is 25.9. The van der Waals surface area contributed by atoms with Crippen LogP contribution in [0.15, 0.2) is 101 Å². The Morgan fingerprint density at radius 2 is 1.33 bits per heavy atom. The van der Waals surface area contributed by atoms with Crippen molar-refractivity contribution >= 4 is 39.3 Å². The lowest BCUT2D eigenvalue weighted by molar-refractivity contribution is 0.102. The zero-order valence-corrected chi connectivity index (χ0v) is 16.0. The Hall–Kier alpha value is -4.18. The van der Waals surface area contributed by atoms with Gasteiger partial charge in [-0.1, -0.05) is 60.7 Å². The van der Waals surface area contributed by atoms with Crippen LogP contribution < -0.4 is 5.32 Å². The molecule has 0 atom stereocenters. The maximum absolute atomic E-state index is 13.0. The number of amides is 1. The molecule has 0 spiro atoms. The Kier molecular flexibility index (Phi) is 4.37. The predicted molar refractivity (Wildman–Crippen MR) is 118 cm³/mol. The van der Waals surface area contributed by atoms with E-state index in [2.05, 4.69) is 5.32 Å². The van der Waals surface area contributed by atoms with Gasteiger partial charge in [0.2, 0.25) is 0 Å². The van der Waals surface area contributed by atoms with Crippen molar-refractivity contribution in [3.8, 4) is 0 Å². The van der Waals surface area contributed by atoms with E-state index in [1.807, 2.05) is 48.5 Å². The molecule has 0 unspecified atom stereocenters. The third-order valence-electron chi connectivity index (χ3n) is 5.09. The number of hydrogen-bond donors (Lipinski definition) is 1. The average Bonchev–Trinajstić information content (AvgIpc) is 3.17. The molecule has 0 aliphatic carbocycles. The number of benzene rings is 4. The molecule has 0 saturated carbocycles. The van der Waals surface area contributed by atoms with Crippen LogP contribution in [0, 0.1) is 0 Å². The second-order valence-corrected chi connectivity index (χ2v) is 7.00. The molecule has 0 saturated heterocycles. The molecule has 1 aromatic heterocycles. The Labute approximate surface area is 172 Å². The summed E-state index contributed by atoms with van der Waals surface area (Å²) in [6, 6.07) is 29.1. The maximum atomic E-state index is 13.0. The first-order chi connectivity index (χ1) is 14.7. The van der Waals surface area contributed by atoms with Gasteiger partial charge >= 0.3 is 0 Å². The van der Waals surface area contributed by atoms with Crippen molar-refractivity contribution < 1.29 is 14.0 Å². The number of fused-ring (bicyclic) bond motifs is 3. The van der Waals surface area contributed by atoms with Crippen LogP contribution in [-0.4, -0.2) is 11.7 Å². The molecule has 5 aromatic rings. The number of carbonyl (C=O) groups is 2. The molecule has 0 aliphatic rings. The van der Waals surface area contributed by atoms with E-state index in [4.69, 9.17) is 4.42 Å². The van der Waals surface area contributed by atoms with Gasteiger partial charge in [0, 0.05) is 27.5 Å². The highest BCUT2D eigenvalue weighted by Crippen LogP contribution is 2.29. The van der Waals surface area contributed by atoms with E-state index in [0.717, 1.165) is 21.9 Å². The first kappa shape index (κ1) is 17.9. The van der Waals surface area contributed by atoms with Crippen molar-refractivity contribution in [2.24, 2.45) is 0 Å². The number of nitrogens with one attached hydrogen (secondary N) is 1. The van der Waals surface area contributed by atoms with E-state index < -0.39 is 0 Å². The summed E-state index contributed by atoms with van der Waals surface area (Å²) in [7, 11) is 0. The summed E-state index contributed by atoms with van der Waals surface area (Å²) < 4.78 is 5.83. The molecule has 4 heteroatoms. The van der Waals surface area contributed by atoms with Crippen molar-refractivity contribution in [2.45, 2.75) is 0 Å². The molecular formula is C26H17NO3. The fourth-order valence-corrected chi connectivity index (χ4v) is 3.60. The summed E-state index contributed by atoms with van der Waals surface area (Å²) in [6.45, 7) is 0. The van der Waals surface area contributed by atoms with Gasteiger partial charge < -0.3 is 9.73 Å². The summed E-state index contributed by atoms with van der Waals surface area (Å²) >= 11 is 0. The van der Waals surface area contributed by atoms with Gasteiger partial charge in [0.05, 0.1) is 5.69 Å². The highest BCUT2D eigenvalue weighted by molar-refractivity contribution is 6.16. The van der Waals surface area contributed by atoms with E-state index >= 15 is 0 Å². The zero-order valence-electron chi connectivity index (χ0n) is 16.0. The standard InChI is InChI=1S/C26H17NO3/c28-25(17-8-2-1-3-9-17)20-11-4-6-12-22(20)27-26(29)18-14-15-24-21(16-18)19-10-5-7-13-23(19)30-24/h1-16H,(H,27,29). The van der Waals surface area contributed by atoms with Gasteiger partial charge in [-0.25, -0.2) is 0 Å². The zero-order chi connectivity index (χ0) is 20.5. The molecular weight excluding hydrogens is 374 g/mol. The quantitative estimate of drug-likeness (QED) is 0.378. The number of anilines is 1. The molecule has 0 radical (unpaired) electrons. The fraction of sp³-hybridized carbons (Fsp3) is 0. The number of ketones is 1. The third-order valence-corrected chi connectivity index (χ3v) is 5.09. The van der Waals surface area contributed by atoms with Crippen LogP contribution in [0.5, 0.6) is 0 Å². The highest BCUT2D eigenvalue weighted by atomic mass is 16.3. The lowest BCUT2D eigenvalue weighted by Crippen LogP contribution is -2.15. The highest BCUT2D eigenvalue weighted by Gasteiger charge is 2.16. The number of furan rings is 1. The Balaban J connectivity index is 1.49. The van der Waals surface area contributed by atoms with Gasteiger partial charge in [0.15, 0.2) is 5.78 Å². The van der Waals surface area contributed by atoms with Gasteiger partial charge in [-0.3, -0.25) is 9.59 Å². The Morgan fingerprint density at radius 1 is 0.633 bits per heavy atom. The van der Waals surface area contributed by atoms with E-state index in [1.165, 1.54) is 0 Å². The number of hydrogen-bond acceptors (Lipinski definition) is 3. The summed E-state index contributed by atoms with van der Waals surface area (Å²) in [5.41, 5.74) is 3.51. The fourth-order valence-electron chi connectivity index (χ4n) is 3.60. The van der Waals surface area contributed by atoms with Crippen LogP contribution in [0.1, 0.15) is 26.3 Å². The van der Waals surface area contributed by atoms with Crippen LogP contribution in [-0.2, 0) is 0 Å². The normalized spacial score (nSPS) is 10.9. The van der Waals surface area contributed by atoms with Crippen molar-refractivity contribution in [3.63, 3.8) is 0 Å². The first-order valence-electron chi connectivity index (χ1n) is 9.62. The molecule has 0 aliphatic heterocycles. The van der Waals surface area contributed by atoms with Crippen molar-refractivity contribution in [3.05, 3.63) is 114 Å². The van der Waals surface area contributed by atoms with Crippen LogP contribution in [0.25, 0.3) is 21.9 Å². The number of rotatable bonds is 4. The molecule has 1 N–H and O–H groups in total. The van der Waals surface area contributed by atoms with Gasteiger partial charge in [0.25, 0.3) is 5.91 Å². The van der Waals surface area contributed by atoms with Crippen molar-refractivity contribution in [1.29, 1.82) is 0 Å². The van der Waals surface area contributed by atoms with E-state index in [0.29, 0.717) is 22.4 Å². The lowest BCUT2D eigenvalue weighted by atomic mass is 10.0. The molecule has 0 bridgehead atoms. The topological polar surface area (TPSA) is 59.3 Å². The largest absolute Gasteiger partial charge is 0.456 e. The van der Waals surface area contributed by atoms with E-state index in [1.54, 1.807) is 48.5 Å². The predicted octanol–water partition coefficient (Wildman–Crippen LogP) is 6.07. The molecule has 0 fully saturated rings. The minimum Gasteiger partial charge on any atom is -0.456 e. The van der Waals surface area contributed by atoms with Gasteiger partial charge in [-0.15, -0.1) is 0 Å². The SMILES string of the molecule is O=C(Nc1ccccc1C(=O)c1ccccc1)c1ccc2oc3ccccc3c2c1. The van der Waals surface area contributed by atoms with Gasteiger partial charge in [0.1, 0.15) is 11.2 Å². The Morgan fingerprint density at radius 3 is 2.20 bits per heavy atom. The van der Waals surface area contributed by atoms with Crippen molar-refractivity contribution in [2.75, 3.05) is 5.32 Å². The molecule has 1 heterocycles. The second kappa shape index (κ2) is 7.33. The van der Waals surface area contributed by atoms with Crippen molar-refractivity contribution in [1.82, 2.24) is 0 Å². The first-order valence-corrected chi connectivity index (χ1v) is 9.62. The summed E-state index contributed by atoms with van der Waals surface area (Å²) in [5.74, 6) is -0.418. The van der Waals surface area contributed by atoms with E-state index in [9.17, 15) is 9.59 Å². The molecule has 30 heavy (non-hydrogen) atoms.